The summed E-state index contributed by atoms with van der Waals surface area (Å²) in [5.74, 6) is 0. The zero-order valence-corrected chi connectivity index (χ0v) is 30.3. The molecule has 0 saturated heterocycles. The second-order valence-electron chi connectivity index (χ2n) is 12.9. The van der Waals surface area contributed by atoms with Crippen LogP contribution in [0.1, 0.15) is 40.3 Å². The van der Waals surface area contributed by atoms with Gasteiger partial charge in [-0.3, -0.25) is 0 Å². The minimum atomic E-state index is 0.633. The van der Waals surface area contributed by atoms with Crippen molar-refractivity contribution in [3.8, 4) is 12.1 Å². The lowest BCUT2D eigenvalue weighted by molar-refractivity contribution is 1.20. The third-order valence-corrected chi connectivity index (χ3v) is 9.40. The summed E-state index contributed by atoms with van der Waals surface area (Å²) in [7, 11) is 0. The van der Waals surface area contributed by atoms with Crippen LogP contribution in [-0.4, -0.2) is 0 Å². The van der Waals surface area contributed by atoms with Crippen molar-refractivity contribution >= 4 is 57.4 Å². The maximum atomic E-state index is 9.35. The zero-order valence-electron chi connectivity index (χ0n) is 30.3. The van der Waals surface area contributed by atoms with E-state index in [9.17, 15) is 10.5 Å². The van der Waals surface area contributed by atoms with Gasteiger partial charge >= 0.3 is 0 Å². The Balaban J connectivity index is 1.13. The molecule has 0 atom stereocenters. The van der Waals surface area contributed by atoms with Crippen LogP contribution in [-0.2, 0) is 0 Å². The van der Waals surface area contributed by atoms with E-state index in [0.717, 1.165) is 61.6 Å². The van der Waals surface area contributed by atoms with Gasteiger partial charge in [0.2, 0.25) is 0 Å². The summed E-state index contributed by atoms with van der Waals surface area (Å²) in [6, 6.07) is 60.0. The topological polar surface area (TPSA) is 54.1 Å². The highest BCUT2D eigenvalue weighted by atomic mass is 15.1. The zero-order chi connectivity index (χ0) is 37.3. The van der Waals surface area contributed by atoms with Crippen LogP contribution < -0.4 is 9.80 Å². The highest BCUT2D eigenvalue weighted by molar-refractivity contribution is 5.91. The van der Waals surface area contributed by atoms with Crippen LogP contribution in [0.25, 0.3) is 29.0 Å². The average molecular weight is 695 g/mol. The third kappa shape index (κ3) is 7.90. The molecular weight excluding hydrogens is 657 g/mol. The molecule has 54 heavy (non-hydrogen) atoms. The molecule has 0 aliphatic rings. The SMILES string of the molecule is C/C=C(\C=C/c1cc(/C=C/c2ccc3cc(N(c4ccccc4)c4ccc(C#N)cc4)ccc3c2)ccc1C)N(c1ccccc1)c1ccc(C#N)cc1. The number of hydrogen-bond donors (Lipinski definition) is 0. The van der Waals surface area contributed by atoms with Crippen LogP contribution >= 0.6 is 0 Å². The van der Waals surface area contributed by atoms with Gasteiger partial charge in [-0.15, -0.1) is 0 Å². The van der Waals surface area contributed by atoms with Crippen molar-refractivity contribution in [1.82, 2.24) is 0 Å². The van der Waals surface area contributed by atoms with E-state index in [0.29, 0.717) is 11.1 Å². The van der Waals surface area contributed by atoms with E-state index in [1.54, 1.807) is 0 Å². The van der Waals surface area contributed by atoms with E-state index < -0.39 is 0 Å². The maximum Gasteiger partial charge on any atom is 0.0991 e. The van der Waals surface area contributed by atoms with Crippen LogP contribution in [0.2, 0.25) is 0 Å². The normalized spacial score (nSPS) is 11.4. The number of nitrogens with zero attached hydrogens (tertiary/aromatic N) is 4. The number of aryl methyl sites for hydroxylation is 1. The smallest absolute Gasteiger partial charge is 0.0991 e. The van der Waals surface area contributed by atoms with Gasteiger partial charge in [0.25, 0.3) is 0 Å². The Labute approximate surface area is 317 Å². The van der Waals surface area contributed by atoms with Gasteiger partial charge in [-0.25, -0.2) is 0 Å². The molecule has 7 rings (SSSR count). The van der Waals surface area contributed by atoms with Gasteiger partial charge in [-0.05, 0) is 150 Å². The highest BCUT2D eigenvalue weighted by Crippen LogP contribution is 2.36. The molecule has 258 valence electrons. The van der Waals surface area contributed by atoms with Gasteiger partial charge in [-0.2, -0.15) is 10.5 Å². The van der Waals surface area contributed by atoms with E-state index in [1.807, 2.05) is 91.9 Å². The number of allylic oxidation sites excluding steroid dienone is 2. The van der Waals surface area contributed by atoms with Crippen molar-refractivity contribution in [3.05, 3.63) is 215 Å². The van der Waals surface area contributed by atoms with Crippen molar-refractivity contribution in [2.24, 2.45) is 0 Å². The van der Waals surface area contributed by atoms with Gasteiger partial charge in [0.15, 0.2) is 0 Å². The molecule has 0 aliphatic carbocycles. The largest absolute Gasteiger partial charge is 0.311 e. The van der Waals surface area contributed by atoms with Gasteiger partial charge in [0.05, 0.1) is 23.3 Å². The molecule has 0 amide bonds. The number of anilines is 5. The van der Waals surface area contributed by atoms with E-state index in [1.165, 1.54) is 5.56 Å². The van der Waals surface area contributed by atoms with Gasteiger partial charge < -0.3 is 9.80 Å². The first-order valence-corrected chi connectivity index (χ1v) is 17.9. The van der Waals surface area contributed by atoms with Crippen molar-refractivity contribution in [1.29, 1.82) is 10.5 Å². The molecule has 0 unspecified atom stereocenters. The van der Waals surface area contributed by atoms with Crippen LogP contribution in [0.15, 0.2) is 182 Å². The second-order valence-corrected chi connectivity index (χ2v) is 12.9. The summed E-state index contributed by atoms with van der Waals surface area (Å²) in [5.41, 5.74) is 12.0. The molecule has 0 aliphatic heterocycles. The van der Waals surface area contributed by atoms with Crippen molar-refractivity contribution in [3.63, 3.8) is 0 Å². The first kappa shape index (κ1) is 35.0. The molecular formula is C50H38N4. The lowest BCUT2D eigenvalue weighted by Gasteiger charge is -2.26. The number of rotatable bonds is 10. The molecule has 0 fully saturated rings. The van der Waals surface area contributed by atoms with Crippen LogP contribution in [0.3, 0.4) is 0 Å². The number of nitriles is 2. The Morgan fingerprint density at radius 3 is 1.63 bits per heavy atom. The van der Waals surface area contributed by atoms with Crippen molar-refractivity contribution < 1.29 is 0 Å². The second kappa shape index (κ2) is 16.3. The Morgan fingerprint density at radius 2 is 1.00 bits per heavy atom. The van der Waals surface area contributed by atoms with Gasteiger partial charge in [-0.1, -0.05) is 91.0 Å². The summed E-state index contributed by atoms with van der Waals surface area (Å²) in [5, 5.41) is 21.0. The Bertz CT molecular complexity index is 2570. The van der Waals surface area contributed by atoms with Crippen LogP contribution in [0.5, 0.6) is 0 Å². The predicted octanol–water partition coefficient (Wildman–Crippen LogP) is 13.3. The fourth-order valence-electron chi connectivity index (χ4n) is 6.52. The number of hydrogen-bond acceptors (Lipinski definition) is 4. The molecule has 7 aromatic rings. The Kier molecular flexibility index (Phi) is 10.6. The summed E-state index contributed by atoms with van der Waals surface area (Å²) >= 11 is 0. The molecule has 0 spiro atoms. The molecule has 4 heteroatoms. The lowest BCUT2D eigenvalue weighted by atomic mass is 10.0. The summed E-state index contributed by atoms with van der Waals surface area (Å²) in [6.45, 7) is 4.18. The lowest BCUT2D eigenvalue weighted by Crippen LogP contribution is -2.15. The quantitative estimate of drug-likeness (QED) is 0.106. The molecule has 0 saturated carbocycles. The molecule has 0 heterocycles. The molecule has 0 aromatic heterocycles. The number of fused-ring (bicyclic) bond motifs is 1. The van der Waals surface area contributed by atoms with Crippen LogP contribution in [0.4, 0.5) is 28.4 Å². The van der Waals surface area contributed by atoms with E-state index in [-0.39, 0.29) is 0 Å². The standard InChI is InChI=1S/C50H38N4/c1-3-45(53(46-10-6-4-7-11-46)48-26-19-40(35-51)20-27-48)30-24-42-32-38(15-14-37(42)2)16-17-39-18-23-44-34-50(31-25-43(44)33-39)54(47-12-8-5-9-13-47)49-28-21-41(36-52)22-29-49/h3-34H,1-2H3/b17-16+,30-24-,45-3+. The van der Waals surface area contributed by atoms with E-state index >= 15 is 0 Å². The third-order valence-electron chi connectivity index (χ3n) is 9.40. The fourth-order valence-corrected chi connectivity index (χ4v) is 6.52. The Morgan fingerprint density at radius 1 is 0.500 bits per heavy atom. The minimum Gasteiger partial charge on any atom is -0.311 e. The predicted molar refractivity (Wildman–Crippen MR) is 226 cm³/mol. The highest BCUT2D eigenvalue weighted by Gasteiger charge is 2.14. The molecule has 4 nitrogen and oxygen atoms in total. The number of para-hydroxylation sites is 2. The average Bonchev–Trinajstić information content (AvgIpc) is 3.23. The summed E-state index contributed by atoms with van der Waals surface area (Å²) < 4.78 is 0. The maximum absolute atomic E-state index is 9.35. The monoisotopic (exact) mass is 694 g/mol. The first-order valence-electron chi connectivity index (χ1n) is 17.9. The minimum absolute atomic E-state index is 0.633. The Hall–Kier alpha value is -7.40. The molecule has 0 radical (unpaired) electrons. The fraction of sp³-hybridized carbons (Fsp3) is 0.0400. The van der Waals surface area contributed by atoms with E-state index in [4.69, 9.17) is 0 Å². The van der Waals surface area contributed by atoms with Crippen molar-refractivity contribution in [2.45, 2.75) is 13.8 Å². The van der Waals surface area contributed by atoms with E-state index in [2.05, 4.69) is 138 Å². The summed E-state index contributed by atoms with van der Waals surface area (Å²) in [6.07, 6.45) is 10.8. The number of benzene rings is 7. The summed E-state index contributed by atoms with van der Waals surface area (Å²) in [4.78, 5) is 4.41. The molecule has 0 bridgehead atoms. The molecule has 7 aromatic carbocycles. The van der Waals surface area contributed by atoms with Crippen LogP contribution in [0, 0.1) is 29.6 Å². The van der Waals surface area contributed by atoms with Gasteiger partial charge in [0.1, 0.15) is 0 Å². The first-order chi connectivity index (χ1) is 26.5. The van der Waals surface area contributed by atoms with Gasteiger partial charge in [0, 0.05) is 34.1 Å². The molecule has 0 N–H and O–H groups in total. The van der Waals surface area contributed by atoms with Crippen molar-refractivity contribution in [2.75, 3.05) is 9.80 Å².